The first-order chi connectivity index (χ1) is 9.31. The van der Waals surface area contributed by atoms with E-state index in [1.54, 1.807) is 7.11 Å². The summed E-state index contributed by atoms with van der Waals surface area (Å²) in [6.45, 7) is 2.99. The summed E-state index contributed by atoms with van der Waals surface area (Å²) in [6, 6.07) is 5.74. The Hall–Kier alpha value is -1.72. The molecule has 0 radical (unpaired) electrons. The Balaban J connectivity index is 2.11. The van der Waals surface area contributed by atoms with Crippen molar-refractivity contribution in [1.29, 1.82) is 0 Å². The fourth-order valence-electron chi connectivity index (χ4n) is 2.40. The average Bonchev–Trinajstić information content (AvgIpc) is 2.90. The Morgan fingerprint density at radius 1 is 1.26 bits per heavy atom. The molecule has 1 saturated heterocycles. The predicted octanol–water partition coefficient (Wildman–Crippen LogP) is 1.77. The second-order valence-electron chi connectivity index (χ2n) is 4.54. The lowest BCUT2D eigenvalue weighted by molar-refractivity contribution is 0.122. The van der Waals surface area contributed by atoms with Crippen LogP contribution in [0.5, 0.6) is 5.75 Å². The summed E-state index contributed by atoms with van der Waals surface area (Å²) in [5.74, 6) is 1.36. The van der Waals surface area contributed by atoms with Gasteiger partial charge in [0.1, 0.15) is 18.1 Å². The number of aliphatic hydroxyl groups is 1. The zero-order chi connectivity index (χ0) is 13.2. The van der Waals surface area contributed by atoms with Gasteiger partial charge in [0.2, 0.25) is 0 Å². The number of fused-ring (bicyclic) bond motifs is 1. The normalized spacial score (nSPS) is 16.0. The number of anilines is 1. The molecule has 2 heterocycles. The predicted molar refractivity (Wildman–Crippen MR) is 71.7 cm³/mol. The van der Waals surface area contributed by atoms with Gasteiger partial charge in [-0.15, -0.1) is 0 Å². The van der Waals surface area contributed by atoms with Crippen molar-refractivity contribution in [2.24, 2.45) is 0 Å². The van der Waals surface area contributed by atoms with E-state index in [1.165, 1.54) is 0 Å². The van der Waals surface area contributed by atoms with E-state index in [1.807, 2.05) is 18.2 Å². The summed E-state index contributed by atoms with van der Waals surface area (Å²) < 4.78 is 16.4. The van der Waals surface area contributed by atoms with E-state index in [0.717, 1.165) is 35.5 Å². The van der Waals surface area contributed by atoms with Crippen LogP contribution in [0.2, 0.25) is 0 Å². The minimum atomic E-state index is -0.0977. The first-order valence-corrected chi connectivity index (χ1v) is 6.36. The molecular weight excluding hydrogens is 246 g/mol. The largest absolute Gasteiger partial charge is 0.497 e. The highest BCUT2D eigenvalue weighted by atomic mass is 16.5. The van der Waals surface area contributed by atoms with Crippen LogP contribution in [0.3, 0.4) is 0 Å². The van der Waals surface area contributed by atoms with Gasteiger partial charge in [-0.3, -0.25) is 0 Å². The lowest BCUT2D eigenvalue weighted by Crippen LogP contribution is -2.36. The van der Waals surface area contributed by atoms with Crippen molar-refractivity contribution in [3.63, 3.8) is 0 Å². The average molecular weight is 263 g/mol. The molecule has 1 aromatic heterocycles. The van der Waals surface area contributed by atoms with Gasteiger partial charge in [-0.05, 0) is 12.1 Å². The number of hydrogen-bond donors (Lipinski definition) is 1. The van der Waals surface area contributed by atoms with Crippen LogP contribution in [0.1, 0.15) is 5.76 Å². The summed E-state index contributed by atoms with van der Waals surface area (Å²) in [4.78, 5) is 2.22. The second kappa shape index (κ2) is 5.11. The maximum absolute atomic E-state index is 9.21. The third-order valence-corrected chi connectivity index (χ3v) is 3.36. The number of ether oxygens (including phenoxy) is 2. The lowest BCUT2D eigenvalue weighted by Gasteiger charge is -2.29. The molecule has 0 spiro atoms. The molecule has 1 aliphatic rings. The highest BCUT2D eigenvalue weighted by molar-refractivity contribution is 5.91. The molecule has 19 heavy (non-hydrogen) atoms. The Morgan fingerprint density at radius 3 is 2.74 bits per heavy atom. The number of nitrogens with zero attached hydrogens (tertiary/aromatic N) is 1. The molecule has 3 rings (SSSR count). The zero-order valence-corrected chi connectivity index (χ0v) is 10.9. The Labute approximate surface area is 111 Å². The summed E-state index contributed by atoms with van der Waals surface area (Å²) in [7, 11) is 1.65. The monoisotopic (exact) mass is 263 g/mol. The van der Waals surface area contributed by atoms with Gasteiger partial charge in [0, 0.05) is 24.5 Å². The molecule has 0 unspecified atom stereocenters. The minimum Gasteiger partial charge on any atom is -0.497 e. The third-order valence-electron chi connectivity index (χ3n) is 3.36. The Bertz CT molecular complexity index is 572. The maximum Gasteiger partial charge on any atom is 0.157 e. The fraction of sp³-hybridized carbons (Fsp3) is 0.429. The third kappa shape index (κ3) is 2.27. The van der Waals surface area contributed by atoms with E-state index in [2.05, 4.69) is 4.90 Å². The number of morpholine rings is 1. The van der Waals surface area contributed by atoms with E-state index >= 15 is 0 Å². The van der Waals surface area contributed by atoms with Crippen molar-refractivity contribution < 1.29 is 19.0 Å². The highest BCUT2D eigenvalue weighted by Gasteiger charge is 2.18. The van der Waals surface area contributed by atoms with E-state index < -0.39 is 0 Å². The van der Waals surface area contributed by atoms with Crippen molar-refractivity contribution in [2.45, 2.75) is 6.61 Å². The fourth-order valence-corrected chi connectivity index (χ4v) is 2.40. The van der Waals surface area contributed by atoms with Crippen LogP contribution in [0.25, 0.3) is 11.0 Å². The molecule has 0 amide bonds. The summed E-state index contributed by atoms with van der Waals surface area (Å²) in [6.07, 6.45) is 0. The molecule has 0 aliphatic carbocycles. The Morgan fingerprint density at radius 2 is 2.05 bits per heavy atom. The standard InChI is InChI=1S/C14H17NO4/c1-17-11-6-10-7-12(9-16)19-14(10)13(8-11)15-2-4-18-5-3-15/h6-8,16H,2-5,9H2,1H3. The topological polar surface area (TPSA) is 55.1 Å². The van der Waals surface area contributed by atoms with Gasteiger partial charge in [0.05, 0.1) is 26.0 Å². The van der Waals surface area contributed by atoms with Gasteiger partial charge in [0.25, 0.3) is 0 Å². The van der Waals surface area contributed by atoms with E-state index in [9.17, 15) is 5.11 Å². The molecular formula is C14H17NO4. The zero-order valence-electron chi connectivity index (χ0n) is 10.9. The summed E-state index contributed by atoms with van der Waals surface area (Å²) in [5.41, 5.74) is 1.80. The van der Waals surface area contributed by atoms with Crippen LogP contribution in [0.4, 0.5) is 5.69 Å². The molecule has 0 bridgehead atoms. The number of methoxy groups -OCH3 is 1. The van der Waals surface area contributed by atoms with Gasteiger partial charge in [0.15, 0.2) is 5.58 Å². The molecule has 5 heteroatoms. The van der Waals surface area contributed by atoms with Crippen molar-refractivity contribution in [3.05, 3.63) is 24.0 Å². The van der Waals surface area contributed by atoms with E-state index in [4.69, 9.17) is 13.9 Å². The van der Waals surface area contributed by atoms with Gasteiger partial charge < -0.3 is 23.9 Å². The summed E-state index contributed by atoms with van der Waals surface area (Å²) in [5, 5.41) is 10.2. The van der Waals surface area contributed by atoms with Crippen molar-refractivity contribution in [1.82, 2.24) is 0 Å². The molecule has 0 saturated carbocycles. The van der Waals surface area contributed by atoms with Crippen molar-refractivity contribution in [3.8, 4) is 5.75 Å². The van der Waals surface area contributed by atoms with Crippen molar-refractivity contribution in [2.75, 3.05) is 38.3 Å². The molecule has 2 aromatic rings. The smallest absolute Gasteiger partial charge is 0.157 e. The molecule has 102 valence electrons. The van der Waals surface area contributed by atoms with Gasteiger partial charge in [-0.1, -0.05) is 0 Å². The van der Waals surface area contributed by atoms with Gasteiger partial charge in [-0.25, -0.2) is 0 Å². The van der Waals surface area contributed by atoms with Crippen LogP contribution in [-0.2, 0) is 11.3 Å². The molecule has 1 aromatic carbocycles. The number of furan rings is 1. The molecule has 1 fully saturated rings. The van der Waals surface area contributed by atoms with E-state index in [0.29, 0.717) is 19.0 Å². The van der Waals surface area contributed by atoms with Crippen LogP contribution >= 0.6 is 0 Å². The minimum absolute atomic E-state index is 0.0977. The van der Waals surface area contributed by atoms with Crippen LogP contribution < -0.4 is 9.64 Å². The number of rotatable bonds is 3. The quantitative estimate of drug-likeness (QED) is 0.914. The first-order valence-electron chi connectivity index (χ1n) is 6.36. The number of aliphatic hydroxyl groups excluding tert-OH is 1. The SMILES string of the molecule is COc1cc(N2CCOCC2)c2oc(CO)cc2c1. The molecule has 5 nitrogen and oxygen atoms in total. The maximum atomic E-state index is 9.21. The summed E-state index contributed by atoms with van der Waals surface area (Å²) >= 11 is 0. The lowest BCUT2D eigenvalue weighted by atomic mass is 10.2. The molecule has 1 N–H and O–H groups in total. The highest BCUT2D eigenvalue weighted by Crippen LogP contribution is 2.34. The molecule has 1 aliphatic heterocycles. The Kier molecular flexibility index (Phi) is 3.31. The molecule has 0 atom stereocenters. The van der Waals surface area contributed by atoms with Crippen molar-refractivity contribution >= 4 is 16.7 Å². The van der Waals surface area contributed by atoms with Gasteiger partial charge in [-0.2, -0.15) is 0 Å². The first kappa shape index (κ1) is 12.3. The van der Waals surface area contributed by atoms with Crippen LogP contribution in [0.15, 0.2) is 22.6 Å². The van der Waals surface area contributed by atoms with E-state index in [-0.39, 0.29) is 6.61 Å². The van der Waals surface area contributed by atoms with Crippen LogP contribution in [-0.4, -0.2) is 38.5 Å². The number of benzene rings is 1. The van der Waals surface area contributed by atoms with Crippen LogP contribution in [0, 0.1) is 0 Å². The van der Waals surface area contributed by atoms with Gasteiger partial charge >= 0.3 is 0 Å². The second-order valence-corrected chi connectivity index (χ2v) is 4.54. The number of hydrogen-bond acceptors (Lipinski definition) is 5.